The molecule has 2 aliphatic rings. The molecule has 2 fully saturated rings. The van der Waals surface area contributed by atoms with E-state index in [1.807, 2.05) is 0 Å². The van der Waals surface area contributed by atoms with E-state index < -0.39 is 0 Å². The largest absolute Gasteiger partial charge is 0.396 e. The van der Waals surface area contributed by atoms with Crippen LogP contribution in [-0.2, 0) is 6.42 Å². The molecule has 0 heterocycles. The lowest BCUT2D eigenvalue weighted by Gasteiger charge is -2.19. The number of rotatable bonds is 6. The van der Waals surface area contributed by atoms with Crippen molar-refractivity contribution in [1.82, 2.24) is 0 Å². The van der Waals surface area contributed by atoms with Crippen molar-refractivity contribution in [1.29, 1.82) is 0 Å². The second-order valence-corrected chi connectivity index (χ2v) is 5.52. The Hall–Kier alpha value is -1.02. The van der Waals surface area contributed by atoms with Gasteiger partial charge in [0, 0.05) is 18.3 Å². The van der Waals surface area contributed by atoms with E-state index in [1.54, 1.807) is 0 Å². The van der Waals surface area contributed by atoms with Gasteiger partial charge in [0.1, 0.15) is 0 Å². The molecule has 0 saturated heterocycles. The molecular weight excluding hydrogens is 210 g/mol. The van der Waals surface area contributed by atoms with E-state index >= 15 is 0 Å². The van der Waals surface area contributed by atoms with Crippen LogP contribution < -0.4 is 5.32 Å². The lowest BCUT2D eigenvalue weighted by Crippen LogP contribution is -2.24. The molecule has 0 bridgehead atoms. The topological polar surface area (TPSA) is 32.3 Å². The Labute approximate surface area is 103 Å². The summed E-state index contributed by atoms with van der Waals surface area (Å²) in [5, 5.41) is 12.6. The van der Waals surface area contributed by atoms with Gasteiger partial charge >= 0.3 is 0 Å². The first-order chi connectivity index (χ1) is 8.36. The maximum Gasteiger partial charge on any atom is 0.0471 e. The number of hydrogen-bond donors (Lipinski definition) is 2. The number of nitrogens with one attached hydrogen (secondary N) is 1. The van der Waals surface area contributed by atoms with Gasteiger partial charge in [0.2, 0.25) is 0 Å². The second-order valence-electron chi connectivity index (χ2n) is 5.52. The predicted molar refractivity (Wildman–Crippen MR) is 70.1 cm³/mol. The van der Waals surface area contributed by atoms with Crippen molar-refractivity contribution in [2.24, 2.45) is 11.8 Å². The van der Waals surface area contributed by atoms with Gasteiger partial charge in [-0.3, -0.25) is 0 Å². The fraction of sp³-hybridized carbons (Fsp3) is 0.600. The molecule has 2 nitrogen and oxygen atoms in total. The zero-order chi connectivity index (χ0) is 11.7. The lowest BCUT2D eigenvalue weighted by molar-refractivity contribution is 0.299. The monoisotopic (exact) mass is 231 g/mol. The molecule has 0 atom stereocenters. The minimum absolute atomic E-state index is 0.236. The number of anilines is 1. The molecule has 17 heavy (non-hydrogen) atoms. The summed E-state index contributed by atoms with van der Waals surface area (Å²) in [6.45, 7) is 0.236. The van der Waals surface area contributed by atoms with Crippen LogP contribution in [0.2, 0.25) is 0 Å². The van der Waals surface area contributed by atoms with Crippen molar-refractivity contribution >= 4 is 5.69 Å². The van der Waals surface area contributed by atoms with Crippen LogP contribution in [0.5, 0.6) is 0 Å². The number of aliphatic hydroxyl groups is 1. The smallest absolute Gasteiger partial charge is 0.0471 e. The third-order valence-electron chi connectivity index (χ3n) is 3.95. The first kappa shape index (κ1) is 11.1. The molecule has 2 aliphatic carbocycles. The normalized spacial score (nSPS) is 19.6. The van der Waals surface area contributed by atoms with Crippen LogP contribution in [0.1, 0.15) is 31.2 Å². The van der Waals surface area contributed by atoms with E-state index in [0.717, 1.165) is 24.3 Å². The Bertz CT molecular complexity index is 353. The van der Waals surface area contributed by atoms with Crippen LogP contribution >= 0.6 is 0 Å². The summed E-state index contributed by atoms with van der Waals surface area (Å²) >= 11 is 0. The average Bonchev–Trinajstić information content (AvgIpc) is 3.21. The molecule has 0 aromatic heterocycles. The van der Waals surface area contributed by atoms with E-state index in [9.17, 15) is 0 Å². The molecule has 3 rings (SSSR count). The van der Waals surface area contributed by atoms with Gasteiger partial charge in [0.05, 0.1) is 0 Å². The van der Waals surface area contributed by atoms with Crippen LogP contribution in [0.3, 0.4) is 0 Å². The SMILES string of the molecule is OCCc1ccc(NC(C2CC2)C2CC2)cc1. The highest BCUT2D eigenvalue weighted by Gasteiger charge is 2.41. The molecule has 0 unspecified atom stereocenters. The zero-order valence-electron chi connectivity index (χ0n) is 10.2. The van der Waals surface area contributed by atoms with Gasteiger partial charge in [0.15, 0.2) is 0 Å². The molecule has 2 N–H and O–H groups in total. The molecular formula is C15H21NO. The van der Waals surface area contributed by atoms with E-state index in [4.69, 9.17) is 5.11 Å². The summed E-state index contributed by atoms with van der Waals surface area (Å²) < 4.78 is 0. The van der Waals surface area contributed by atoms with Gasteiger partial charge in [-0.05, 0) is 61.6 Å². The lowest BCUT2D eigenvalue weighted by atomic mass is 10.1. The van der Waals surface area contributed by atoms with E-state index in [0.29, 0.717) is 0 Å². The maximum absolute atomic E-state index is 8.88. The second kappa shape index (κ2) is 4.69. The molecule has 2 saturated carbocycles. The van der Waals surface area contributed by atoms with Crippen molar-refractivity contribution in [2.45, 2.75) is 38.1 Å². The predicted octanol–water partition coefficient (Wildman–Crippen LogP) is 2.82. The average molecular weight is 231 g/mol. The van der Waals surface area contributed by atoms with Gasteiger partial charge < -0.3 is 10.4 Å². The third-order valence-corrected chi connectivity index (χ3v) is 3.95. The van der Waals surface area contributed by atoms with Crippen molar-refractivity contribution in [3.05, 3.63) is 29.8 Å². The van der Waals surface area contributed by atoms with E-state index in [1.165, 1.54) is 36.9 Å². The van der Waals surface area contributed by atoms with Crippen LogP contribution in [0, 0.1) is 11.8 Å². The first-order valence-electron chi connectivity index (χ1n) is 6.83. The Morgan fingerprint density at radius 3 is 2.12 bits per heavy atom. The summed E-state index contributed by atoms with van der Waals surface area (Å²) in [5.74, 6) is 1.86. The van der Waals surface area contributed by atoms with Crippen molar-refractivity contribution in [2.75, 3.05) is 11.9 Å². The third kappa shape index (κ3) is 2.81. The molecule has 0 amide bonds. The first-order valence-corrected chi connectivity index (χ1v) is 6.83. The fourth-order valence-corrected chi connectivity index (χ4v) is 2.62. The van der Waals surface area contributed by atoms with Crippen molar-refractivity contribution in [3.8, 4) is 0 Å². The molecule has 0 spiro atoms. The van der Waals surface area contributed by atoms with Gasteiger partial charge in [-0.2, -0.15) is 0 Å². The Morgan fingerprint density at radius 1 is 1.06 bits per heavy atom. The zero-order valence-corrected chi connectivity index (χ0v) is 10.2. The standard InChI is InChI=1S/C15H21NO/c17-10-9-11-1-7-14(8-2-11)16-15(12-3-4-12)13-5-6-13/h1-2,7-8,12-13,15-17H,3-6,9-10H2. The summed E-state index contributed by atoms with van der Waals surface area (Å²) in [6, 6.07) is 9.27. The highest BCUT2D eigenvalue weighted by molar-refractivity contribution is 5.46. The molecule has 92 valence electrons. The van der Waals surface area contributed by atoms with Gasteiger partial charge in [-0.15, -0.1) is 0 Å². The summed E-state index contributed by atoms with van der Waals surface area (Å²) in [4.78, 5) is 0. The number of hydrogen-bond acceptors (Lipinski definition) is 2. The minimum atomic E-state index is 0.236. The molecule has 2 heteroatoms. The van der Waals surface area contributed by atoms with Crippen LogP contribution in [0.15, 0.2) is 24.3 Å². The summed E-state index contributed by atoms with van der Waals surface area (Å²) in [7, 11) is 0. The van der Waals surface area contributed by atoms with Crippen LogP contribution in [0.25, 0.3) is 0 Å². The molecule has 0 radical (unpaired) electrons. The number of benzene rings is 1. The van der Waals surface area contributed by atoms with Gasteiger partial charge in [0.25, 0.3) is 0 Å². The Morgan fingerprint density at radius 2 is 1.65 bits per heavy atom. The highest BCUT2D eigenvalue weighted by atomic mass is 16.2. The van der Waals surface area contributed by atoms with Gasteiger partial charge in [-0.25, -0.2) is 0 Å². The van der Waals surface area contributed by atoms with E-state index in [2.05, 4.69) is 29.6 Å². The van der Waals surface area contributed by atoms with Crippen LogP contribution in [-0.4, -0.2) is 17.8 Å². The fourth-order valence-electron chi connectivity index (χ4n) is 2.62. The molecule has 0 aliphatic heterocycles. The summed E-state index contributed by atoms with van der Waals surface area (Å²) in [5.41, 5.74) is 2.46. The molecule has 1 aromatic carbocycles. The quantitative estimate of drug-likeness (QED) is 0.789. The Balaban J connectivity index is 1.62. The van der Waals surface area contributed by atoms with Crippen molar-refractivity contribution in [3.63, 3.8) is 0 Å². The highest BCUT2D eigenvalue weighted by Crippen LogP contribution is 2.45. The van der Waals surface area contributed by atoms with Crippen molar-refractivity contribution < 1.29 is 5.11 Å². The molecule has 1 aromatic rings. The van der Waals surface area contributed by atoms with Crippen LogP contribution in [0.4, 0.5) is 5.69 Å². The summed E-state index contributed by atoms with van der Waals surface area (Å²) in [6.07, 6.45) is 6.41. The minimum Gasteiger partial charge on any atom is -0.396 e. The van der Waals surface area contributed by atoms with E-state index in [-0.39, 0.29) is 6.61 Å². The number of aliphatic hydroxyl groups excluding tert-OH is 1. The Kier molecular flexibility index (Phi) is 3.06. The maximum atomic E-state index is 8.88. The van der Waals surface area contributed by atoms with Gasteiger partial charge in [-0.1, -0.05) is 12.1 Å².